The number of hydrogen-bond acceptors (Lipinski definition) is 3. The normalized spacial score (nSPS) is 26.6. The number of aliphatic hydroxyl groups is 1. The molecule has 0 bridgehead atoms. The summed E-state index contributed by atoms with van der Waals surface area (Å²) in [6, 6.07) is 29.0. The fourth-order valence-corrected chi connectivity index (χ4v) is 6.68. The predicted molar refractivity (Wildman–Crippen MR) is 134 cm³/mol. The van der Waals surface area contributed by atoms with Gasteiger partial charge in [-0.05, 0) is 42.0 Å². The van der Waals surface area contributed by atoms with Crippen molar-refractivity contribution in [3.05, 3.63) is 102 Å². The molecule has 1 saturated carbocycles. The van der Waals surface area contributed by atoms with Crippen LogP contribution in [-0.4, -0.2) is 34.2 Å². The molecule has 4 heteroatoms. The molecule has 174 valence electrons. The van der Waals surface area contributed by atoms with Crippen LogP contribution in [0.4, 0.5) is 5.69 Å². The van der Waals surface area contributed by atoms with E-state index in [1.165, 1.54) is 6.42 Å². The molecule has 1 amide bonds. The molecule has 3 aliphatic rings. The van der Waals surface area contributed by atoms with E-state index in [1.54, 1.807) is 0 Å². The van der Waals surface area contributed by atoms with Gasteiger partial charge in [-0.1, -0.05) is 98.1 Å². The Morgan fingerprint density at radius 2 is 1.41 bits per heavy atom. The third-order valence-electron chi connectivity index (χ3n) is 8.32. The molecule has 1 aliphatic carbocycles. The second-order valence-electron chi connectivity index (χ2n) is 10.2. The number of amides is 1. The summed E-state index contributed by atoms with van der Waals surface area (Å²) in [4.78, 5) is 18.3. The third-order valence-corrected chi connectivity index (χ3v) is 8.32. The van der Waals surface area contributed by atoms with Crippen molar-refractivity contribution in [3.63, 3.8) is 0 Å². The van der Waals surface area contributed by atoms with Crippen LogP contribution in [0.1, 0.15) is 48.8 Å². The Morgan fingerprint density at radius 3 is 2.12 bits per heavy atom. The lowest BCUT2D eigenvalue weighted by atomic mass is 9.71. The number of rotatable bonds is 5. The van der Waals surface area contributed by atoms with Crippen LogP contribution in [0, 0.1) is 0 Å². The Kier molecular flexibility index (Phi) is 5.22. The van der Waals surface area contributed by atoms with Crippen molar-refractivity contribution in [2.24, 2.45) is 0 Å². The number of hydrogen-bond donors (Lipinski definition) is 1. The van der Waals surface area contributed by atoms with Crippen LogP contribution in [0.5, 0.6) is 0 Å². The van der Waals surface area contributed by atoms with Gasteiger partial charge < -0.3 is 14.9 Å². The van der Waals surface area contributed by atoms with E-state index in [2.05, 4.69) is 36.4 Å². The summed E-state index contributed by atoms with van der Waals surface area (Å²) < 4.78 is 0. The summed E-state index contributed by atoms with van der Waals surface area (Å²) in [7, 11) is 0. The van der Waals surface area contributed by atoms with Gasteiger partial charge in [-0.2, -0.15) is 0 Å². The number of carbonyl (C=O) groups excluding carboxylic acids is 1. The fourth-order valence-electron chi connectivity index (χ4n) is 6.68. The second kappa shape index (κ2) is 8.28. The van der Waals surface area contributed by atoms with Gasteiger partial charge in [0, 0.05) is 24.8 Å². The minimum atomic E-state index is -1.61. The number of carbonyl (C=O) groups is 1. The average molecular weight is 453 g/mol. The maximum absolute atomic E-state index is 14.3. The highest BCUT2D eigenvalue weighted by atomic mass is 16.3. The van der Waals surface area contributed by atoms with E-state index in [4.69, 9.17) is 0 Å². The molecule has 2 aliphatic heterocycles. The largest absolute Gasteiger partial charge is 0.362 e. The van der Waals surface area contributed by atoms with E-state index in [9.17, 15) is 9.90 Å². The first-order valence-electron chi connectivity index (χ1n) is 12.6. The Morgan fingerprint density at radius 1 is 0.794 bits per heavy atom. The lowest BCUT2D eigenvalue weighted by molar-refractivity contribution is -0.147. The molecular formula is C30H32N2O2. The molecule has 0 aromatic heterocycles. The molecule has 2 heterocycles. The van der Waals surface area contributed by atoms with E-state index in [1.807, 2.05) is 58.3 Å². The van der Waals surface area contributed by atoms with Crippen molar-refractivity contribution < 1.29 is 9.90 Å². The van der Waals surface area contributed by atoms with Gasteiger partial charge in [-0.15, -0.1) is 0 Å². The molecule has 3 aromatic rings. The first-order chi connectivity index (χ1) is 16.6. The summed E-state index contributed by atoms with van der Waals surface area (Å²) in [5, 5.41) is 12.7. The predicted octanol–water partition coefficient (Wildman–Crippen LogP) is 5.05. The molecule has 34 heavy (non-hydrogen) atoms. The highest BCUT2D eigenvalue weighted by molar-refractivity contribution is 5.97. The monoisotopic (exact) mass is 452 g/mol. The molecular weight excluding hydrogens is 420 g/mol. The maximum atomic E-state index is 14.3. The zero-order valence-corrected chi connectivity index (χ0v) is 19.6. The molecule has 6 rings (SSSR count). The van der Waals surface area contributed by atoms with Gasteiger partial charge in [-0.3, -0.25) is 4.79 Å². The first-order valence-corrected chi connectivity index (χ1v) is 12.6. The molecule has 1 saturated heterocycles. The Labute approximate surface area is 201 Å². The number of para-hydroxylation sites is 1. The van der Waals surface area contributed by atoms with Crippen LogP contribution in [-0.2, 0) is 23.2 Å². The zero-order chi connectivity index (χ0) is 23.2. The van der Waals surface area contributed by atoms with E-state index in [-0.39, 0.29) is 11.9 Å². The molecule has 0 spiro atoms. The standard InChI is InChI=1S/C30H32N2O2/c33-28-30(34)29(20-23-12-4-1-5-13-23,22-31(28)25-16-8-3-9-17-25)26-18-10-11-19-27(26)32(30)21-24-14-6-2-7-15-24/h1-2,4-7,10-15,18-19,25,34H,3,8-9,16-17,20-22H2. The average Bonchev–Trinajstić information content (AvgIpc) is 3.23. The SMILES string of the molecule is O=C1N(C2CCCCC2)CC2(Cc3ccccc3)c3ccccc3N(Cc3ccccc3)C12O. The first kappa shape index (κ1) is 21.4. The van der Waals surface area contributed by atoms with Crippen molar-refractivity contribution in [2.45, 2.75) is 62.3 Å². The topological polar surface area (TPSA) is 43.8 Å². The van der Waals surface area contributed by atoms with Crippen LogP contribution < -0.4 is 4.90 Å². The lowest BCUT2D eigenvalue weighted by Gasteiger charge is -2.39. The van der Waals surface area contributed by atoms with Crippen LogP contribution in [0.3, 0.4) is 0 Å². The number of likely N-dealkylation sites (tertiary alicyclic amines) is 1. The molecule has 4 nitrogen and oxygen atoms in total. The van der Waals surface area contributed by atoms with Gasteiger partial charge in [-0.25, -0.2) is 0 Å². The van der Waals surface area contributed by atoms with E-state index in [0.29, 0.717) is 19.5 Å². The summed E-state index contributed by atoms with van der Waals surface area (Å²) in [5.74, 6) is -0.123. The lowest BCUT2D eigenvalue weighted by Crippen LogP contribution is -2.61. The fraction of sp³-hybridized carbons (Fsp3) is 0.367. The quantitative estimate of drug-likeness (QED) is 0.589. The zero-order valence-electron chi connectivity index (χ0n) is 19.6. The molecule has 1 N–H and O–H groups in total. The third kappa shape index (κ3) is 3.12. The molecule has 2 fully saturated rings. The van der Waals surface area contributed by atoms with Crippen molar-refractivity contribution in [2.75, 3.05) is 11.4 Å². The summed E-state index contributed by atoms with van der Waals surface area (Å²) >= 11 is 0. The molecule has 0 radical (unpaired) electrons. The number of anilines is 1. The van der Waals surface area contributed by atoms with Gasteiger partial charge >= 0.3 is 0 Å². The molecule has 2 unspecified atom stereocenters. The van der Waals surface area contributed by atoms with Gasteiger partial charge in [0.2, 0.25) is 5.72 Å². The summed E-state index contributed by atoms with van der Waals surface area (Å²) in [5.41, 5.74) is 1.97. The van der Waals surface area contributed by atoms with Crippen molar-refractivity contribution >= 4 is 11.6 Å². The van der Waals surface area contributed by atoms with Gasteiger partial charge in [0.1, 0.15) is 0 Å². The Bertz CT molecular complexity index is 1170. The maximum Gasteiger partial charge on any atom is 0.277 e. The van der Waals surface area contributed by atoms with E-state index in [0.717, 1.165) is 48.1 Å². The van der Waals surface area contributed by atoms with Crippen LogP contribution in [0.2, 0.25) is 0 Å². The Hall–Kier alpha value is -3.11. The smallest absolute Gasteiger partial charge is 0.277 e. The number of fused-ring (bicyclic) bond motifs is 3. The van der Waals surface area contributed by atoms with Crippen LogP contribution in [0.25, 0.3) is 0 Å². The number of benzene rings is 3. The van der Waals surface area contributed by atoms with E-state index < -0.39 is 11.1 Å². The highest BCUT2D eigenvalue weighted by Crippen LogP contribution is 2.58. The van der Waals surface area contributed by atoms with Gasteiger partial charge in [0.15, 0.2) is 0 Å². The van der Waals surface area contributed by atoms with Crippen molar-refractivity contribution in [1.29, 1.82) is 0 Å². The van der Waals surface area contributed by atoms with Gasteiger partial charge in [0.25, 0.3) is 5.91 Å². The van der Waals surface area contributed by atoms with Crippen molar-refractivity contribution in [3.8, 4) is 0 Å². The summed E-state index contributed by atoms with van der Waals surface area (Å²) in [6.45, 7) is 1.05. The van der Waals surface area contributed by atoms with Crippen LogP contribution in [0.15, 0.2) is 84.9 Å². The van der Waals surface area contributed by atoms with Crippen LogP contribution >= 0.6 is 0 Å². The minimum absolute atomic E-state index is 0.123. The summed E-state index contributed by atoms with van der Waals surface area (Å²) in [6.07, 6.45) is 6.24. The molecule has 2 atom stereocenters. The highest BCUT2D eigenvalue weighted by Gasteiger charge is 2.71. The minimum Gasteiger partial charge on any atom is -0.362 e. The number of nitrogens with zero attached hydrogens (tertiary/aromatic N) is 2. The Balaban J connectivity index is 1.51. The van der Waals surface area contributed by atoms with Gasteiger partial charge in [0.05, 0.1) is 5.41 Å². The second-order valence-corrected chi connectivity index (χ2v) is 10.2. The van der Waals surface area contributed by atoms with Crippen molar-refractivity contribution in [1.82, 2.24) is 4.90 Å². The molecule has 3 aromatic carbocycles. The van der Waals surface area contributed by atoms with E-state index >= 15 is 0 Å².